The van der Waals surface area contributed by atoms with Gasteiger partial charge in [0.2, 0.25) is 0 Å². The number of rotatable bonds is 6. The quantitative estimate of drug-likeness (QED) is 0.471. The Labute approximate surface area is 67.2 Å². The van der Waals surface area contributed by atoms with Crippen LogP contribution in [-0.2, 0) is 4.79 Å². The van der Waals surface area contributed by atoms with Crippen LogP contribution in [0.25, 0.3) is 0 Å². The molecule has 11 heavy (non-hydrogen) atoms. The van der Waals surface area contributed by atoms with Crippen molar-refractivity contribution < 1.29 is 9.90 Å². The largest absolute Gasteiger partial charge is 0.481 e. The second-order valence-electron chi connectivity index (χ2n) is 2.50. The Hall–Kier alpha value is -1.05. The molecule has 62 valence electrons. The summed E-state index contributed by atoms with van der Waals surface area (Å²) in [6.07, 6.45) is 4.60. The highest BCUT2D eigenvalue weighted by Crippen LogP contribution is 2.08. The van der Waals surface area contributed by atoms with Gasteiger partial charge in [-0.3, -0.25) is 4.79 Å². The van der Waals surface area contributed by atoms with Crippen molar-refractivity contribution in [3.8, 4) is 0 Å². The van der Waals surface area contributed by atoms with Crippen LogP contribution in [0.3, 0.4) is 0 Å². The highest BCUT2D eigenvalue weighted by molar-refractivity contribution is 5.69. The first kappa shape index (κ1) is 9.95. The Morgan fingerprint density at radius 1 is 1.55 bits per heavy atom. The second-order valence-corrected chi connectivity index (χ2v) is 2.50. The van der Waals surface area contributed by atoms with Crippen LogP contribution >= 0.6 is 0 Å². The molecule has 0 aliphatic heterocycles. The summed E-state index contributed by atoms with van der Waals surface area (Å²) in [6, 6.07) is 0. The van der Waals surface area contributed by atoms with Gasteiger partial charge in [-0.05, 0) is 19.3 Å². The molecule has 2 heteroatoms. The van der Waals surface area contributed by atoms with Gasteiger partial charge in [-0.15, -0.1) is 6.58 Å². The number of allylic oxidation sites excluding steroid dienone is 1. The van der Waals surface area contributed by atoms with Gasteiger partial charge in [-0.2, -0.15) is 0 Å². The molecule has 0 aliphatic carbocycles. The lowest BCUT2D eigenvalue weighted by Crippen LogP contribution is -1.96. The van der Waals surface area contributed by atoms with E-state index in [0.29, 0.717) is 0 Å². The Morgan fingerprint density at radius 3 is 2.64 bits per heavy atom. The van der Waals surface area contributed by atoms with Crippen LogP contribution in [0.4, 0.5) is 0 Å². The fourth-order valence-corrected chi connectivity index (χ4v) is 0.799. The minimum absolute atomic E-state index is 0.0944. The number of aliphatic carboxylic acids is 1. The Balaban J connectivity index is 3.37. The normalized spacial score (nSPS) is 9.09. The first-order chi connectivity index (χ1) is 5.16. The van der Waals surface area contributed by atoms with E-state index in [9.17, 15) is 4.79 Å². The highest BCUT2D eigenvalue weighted by atomic mass is 16.4. The summed E-state index contributed by atoms with van der Waals surface area (Å²) in [5, 5.41) is 8.36. The predicted molar refractivity (Wildman–Crippen MR) is 45.4 cm³/mol. The van der Waals surface area contributed by atoms with Crippen LogP contribution in [0.1, 0.15) is 25.7 Å². The molecule has 1 N–H and O–H groups in total. The summed E-state index contributed by atoms with van der Waals surface area (Å²) in [5.74, 6) is -0.798. The van der Waals surface area contributed by atoms with Gasteiger partial charge in [0, 0.05) is 0 Å². The molecule has 0 aliphatic rings. The molecular weight excluding hydrogens is 140 g/mol. The average molecular weight is 154 g/mol. The van der Waals surface area contributed by atoms with E-state index in [1.165, 1.54) is 0 Å². The van der Waals surface area contributed by atoms with E-state index in [0.717, 1.165) is 24.8 Å². The molecular formula is C9H14O2. The maximum absolute atomic E-state index is 10.2. The van der Waals surface area contributed by atoms with Crippen LogP contribution < -0.4 is 0 Å². The predicted octanol–water partition coefficient (Wildman–Crippen LogP) is 2.37. The minimum atomic E-state index is -0.798. The first-order valence-corrected chi connectivity index (χ1v) is 3.66. The molecule has 0 unspecified atom stereocenters. The summed E-state index contributed by atoms with van der Waals surface area (Å²) in [4.78, 5) is 10.2. The molecule has 0 aromatic heterocycles. The van der Waals surface area contributed by atoms with Crippen molar-refractivity contribution >= 4 is 5.97 Å². The number of carboxylic acid groups (broad SMARTS) is 1. The molecule has 0 saturated heterocycles. The van der Waals surface area contributed by atoms with Gasteiger partial charge in [0.25, 0.3) is 0 Å². The van der Waals surface area contributed by atoms with Crippen LogP contribution in [0.5, 0.6) is 0 Å². The van der Waals surface area contributed by atoms with Crippen molar-refractivity contribution in [3.05, 3.63) is 24.8 Å². The number of carbonyl (C=O) groups is 1. The smallest absolute Gasteiger partial charge is 0.307 e. The van der Waals surface area contributed by atoms with Gasteiger partial charge in [-0.1, -0.05) is 18.2 Å². The van der Waals surface area contributed by atoms with Crippen molar-refractivity contribution in [1.29, 1.82) is 0 Å². The van der Waals surface area contributed by atoms with E-state index in [1.54, 1.807) is 0 Å². The van der Waals surface area contributed by atoms with Gasteiger partial charge >= 0.3 is 5.97 Å². The van der Waals surface area contributed by atoms with Crippen LogP contribution in [0.15, 0.2) is 24.8 Å². The molecule has 0 heterocycles. The van der Waals surface area contributed by atoms with E-state index < -0.39 is 5.97 Å². The number of carboxylic acids is 1. The van der Waals surface area contributed by atoms with E-state index in [2.05, 4.69) is 13.2 Å². The molecule has 0 radical (unpaired) electrons. The topological polar surface area (TPSA) is 37.3 Å². The fraction of sp³-hybridized carbons (Fsp3) is 0.444. The zero-order valence-electron chi connectivity index (χ0n) is 6.68. The molecule has 0 rings (SSSR count). The Kier molecular flexibility index (Phi) is 5.17. The lowest BCUT2D eigenvalue weighted by molar-refractivity contribution is -0.136. The third-order valence-corrected chi connectivity index (χ3v) is 1.34. The number of hydrogen-bond donors (Lipinski definition) is 1. The van der Waals surface area contributed by atoms with E-state index in [1.807, 2.05) is 6.08 Å². The van der Waals surface area contributed by atoms with Crippen LogP contribution in [0.2, 0.25) is 0 Å². The van der Waals surface area contributed by atoms with Crippen molar-refractivity contribution in [1.82, 2.24) is 0 Å². The van der Waals surface area contributed by atoms with Crippen molar-refractivity contribution in [2.75, 3.05) is 0 Å². The molecule has 0 amide bonds. The lowest BCUT2D eigenvalue weighted by atomic mass is 10.1. The number of hydrogen-bond acceptors (Lipinski definition) is 1. The molecule has 0 spiro atoms. The van der Waals surface area contributed by atoms with E-state index >= 15 is 0 Å². The maximum atomic E-state index is 10.2. The van der Waals surface area contributed by atoms with Gasteiger partial charge < -0.3 is 5.11 Å². The zero-order chi connectivity index (χ0) is 8.69. The van der Waals surface area contributed by atoms with Crippen molar-refractivity contribution in [2.24, 2.45) is 0 Å². The first-order valence-electron chi connectivity index (χ1n) is 3.66. The third kappa shape index (κ3) is 6.84. The average Bonchev–Trinajstić information content (AvgIpc) is 1.86. The second kappa shape index (κ2) is 5.71. The summed E-state index contributed by atoms with van der Waals surface area (Å²) < 4.78 is 0. The van der Waals surface area contributed by atoms with E-state index in [4.69, 9.17) is 5.11 Å². The highest BCUT2D eigenvalue weighted by Gasteiger charge is 1.99. The van der Waals surface area contributed by atoms with Gasteiger partial charge in [-0.25, -0.2) is 0 Å². The number of unbranched alkanes of at least 4 members (excludes halogenated alkanes) is 1. The third-order valence-electron chi connectivity index (χ3n) is 1.34. The van der Waals surface area contributed by atoms with Gasteiger partial charge in [0.15, 0.2) is 0 Å². The summed E-state index contributed by atoms with van der Waals surface area (Å²) >= 11 is 0. The van der Waals surface area contributed by atoms with Crippen molar-refractivity contribution in [3.63, 3.8) is 0 Å². The molecule has 2 nitrogen and oxygen atoms in total. The van der Waals surface area contributed by atoms with Crippen molar-refractivity contribution in [2.45, 2.75) is 25.7 Å². The standard InChI is InChI=1S/C9H14O2/c1-3-4-5-6-8(2)7-9(10)11/h3H,1-2,4-7H2,(H,10,11). The van der Waals surface area contributed by atoms with E-state index in [-0.39, 0.29) is 6.42 Å². The maximum Gasteiger partial charge on any atom is 0.307 e. The summed E-state index contributed by atoms with van der Waals surface area (Å²) in [7, 11) is 0. The molecule has 0 bridgehead atoms. The summed E-state index contributed by atoms with van der Waals surface area (Å²) in [6.45, 7) is 7.22. The molecule has 0 aromatic rings. The van der Waals surface area contributed by atoms with Gasteiger partial charge in [0.05, 0.1) is 6.42 Å². The monoisotopic (exact) mass is 154 g/mol. The SMILES string of the molecule is C=CCCCC(=C)CC(=O)O. The molecule has 0 fully saturated rings. The minimum Gasteiger partial charge on any atom is -0.481 e. The van der Waals surface area contributed by atoms with Crippen LogP contribution in [-0.4, -0.2) is 11.1 Å². The lowest BCUT2D eigenvalue weighted by Gasteiger charge is -1.99. The molecule has 0 saturated carbocycles. The Bertz CT molecular complexity index is 159. The molecule has 0 atom stereocenters. The van der Waals surface area contributed by atoms with Crippen LogP contribution in [0, 0.1) is 0 Å². The summed E-state index contributed by atoms with van der Waals surface area (Å²) in [5.41, 5.74) is 0.791. The fourth-order valence-electron chi connectivity index (χ4n) is 0.799. The Morgan fingerprint density at radius 2 is 2.18 bits per heavy atom. The zero-order valence-corrected chi connectivity index (χ0v) is 6.68. The van der Waals surface area contributed by atoms with Gasteiger partial charge in [0.1, 0.15) is 0 Å². The molecule has 0 aromatic carbocycles.